The molecule has 13 heteroatoms. The van der Waals surface area contributed by atoms with E-state index in [1.807, 2.05) is 60.7 Å². The first-order chi connectivity index (χ1) is 24.7. The molecule has 2 atom stereocenters. The van der Waals surface area contributed by atoms with E-state index in [0.717, 1.165) is 34.1 Å². The lowest BCUT2D eigenvalue weighted by atomic mass is 10.3. The highest BCUT2D eigenvalue weighted by Gasteiger charge is 2.17. The van der Waals surface area contributed by atoms with Crippen molar-refractivity contribution in [3.05, 3.63) is 133 Å². The Labute approximate surface area is 302 Å². The van der Waals surface area contributed by atoms with Gasteiger partial charge in [0, 0.05) is 45.6 Å². The molecule has 264 valence electrons. The van der Waals surface area contributed by atoms with Crippen molar-refractivity contribution in [1.29, 1.82) is 0 Å². The van der Waals surface area contributed by atoms with Crippen LogP contribution in [0.3, 0.4) is 0 Å². The summed E-state index contributed by atoms with van der Waals surface area (Å²) in [4.78, 5) is 47.8. The zero-order valence-electron chi connectivity index (χ0n) is 27.1. The molecule has 2 unspecified atom stereocenters. The van der Waals surface area contributed by atoms with Gasteiger partial charge in [-0.1, -0.05) is 36.4 Å². The number of aliphatic carboxylic acids is 2. The largest absolute Gasteiger partial charge is 0.490 e. The van der Waals surface area contributed by atoms with Gasteiger partial charge < -0.3 is 33.9 Å². The topological polar surface area (TPSA) is 155 Å². The third-order valence-electron chi connectivity index (χ3n) is 6.40. The summed E-state index contributed by atoms with van der Waals surface area (Å²) in [5.41, 5.74) is 0. The van der Waals surface area contributed by atoms with Crippen LogP contribution in [0.1, 0.15) is 0 Å². The number of carboxylic acids is 2. The van der Waals surface area contributed by atoms with E-state index in [1.165, 1.54) is 23.5 Å². The van der Waals surface area contributed by atoms with Crippen molar-refractivity contribution < 1.29 is 53.1 Å². The lowest BCUT2D eigenvalue weighted by molar-refractivity contribution is -0.144. The van der Waals surface area contributed by atoms with Crippen molar-refractivity contribution in [2.45, 2.75) is 22.0 Å². The van der Waals surface area contributed by atoms with Gasteiger partial charge in [0.1, 0.15) is 48.4 Å². The quantitative estimate of drug-likeness (QED) is 0.0549. The second-order valence-electron chi connectivity index (χ2n) is 10.4. The molecule has 0 spiro atoms. The Morgan fingerprint density at radius 1 is 0.510 bits per heavy atom. The van der Waals surface area contributed by atoms with Gasteiger partial charge in [0.25, 0.3) is 0 Å². The predicted octanol–water partition coefficient (Wildman–Crippen LogP) is 6.93. The second-order valence-corrected chi connectivity index (χ2v) is 12.6. The van der Waals surface area contributed by atoms with E-state index < -0.39 is 36.1 Å². The number of carbonyl (C=O) groups excluding carboxylic acids is 2. The molecule has 0 bridgehead atoms. The fourth-order valence-corrected chi connectivity index (χ4v) is 5.84. The normalized spacial score (nSPS) is 12.2. The summed E-state index contributed by atoms with van der Waals surface area (Å²) in [5, 5.41) is 17.6. The Hall–Kier alpha value is -5.66. The van der Waals surface area contributed by atoms with Crippen LogP contribution in [0.2, 0.25) is 0 Å². The average Bonchev–Trinajstić information content (AvgIpc) is 3.14. The molecule has 0 fully saturated rings. The zero-order valence-corrected chi connectivity index (χ0v) is 28.7. The summed E-state index contributed by atoms with van der Waals surface area (Å²) >= 11 is 2.95. The maximum absolute atomic E-state index is 12.1. The Bertz CT molecular complexity index is 1630. The Kier molecular flexibility index (Phi) is 15.5. The number of esters is 2. The molecule has 0 saturated heterocycles. The van der Waals surface area contributed by atoms with Crippen LogP contribution in [0.15, 0.2) is 143 Å². The molecule has 4 rings (SSSR count). The van der Waals surface area contributed by atoms with Gasteiger partial charge in [-0.2, -0.15) is 0 Å². The highest BCUT2D eigenvalue weighted by atomic mass is 32.2. The highest BCUT2D eigenvalue weighted by Crippen LogP contribution is 2.27. The highest BCUT2D eigenvalue weighted by molar-refractivity contribution is 7.99. The van der Waals surface area contributed by atoms with Gasteiger partial charge in [-0.25, -0.2) is 19.2 Å². The van der Waals surface area contributed by atoms with Gasteiger partial charge >= 0.3 is 23.9 Å². The van der Waals surface area contributed by atoms with Crippen LogP contribution in [-0.4, -0.2) is 71.0 Å². The van der Waals surface area contributed by atoms with Crippen LogP contribution >= 0.6 is 23.5 Å². The number of benzene rings is 4. The van der Waals surface area contributed by atoms with Crippen LogP contribution in [0.25, 0.3) is 0 Å². The number of rotatable bonds is 20. The first-order valence-corrected chi connectivity index (χ1v) is 17.4. The molecule has 11 nitrogen and oxygen atoms in total. The Morgan fingerprint density at radius 3 is 1.22 bits per heavy atom. The number of carbonyl (C=O) groups is 4. The van der Waals surface area contributed by atoms with Crippen molar-refractivity contribution in [2.75, 3.05) is 24.7 Å². The van der Waals surface area contributed by atoms with Gasteiger partial charge in [-0.3, -0.25) is 0 Å². The molecule has 0 aliphatic rings. The number of thioether (sulfide) groups is 2. The van der Waals surface area contributed by atoms with Crippen molar-refractivity contribution >= 4 is 47.4 Å². The fraction of sp³-hybridized carbons (Fsp3) is 0.158. The van der Waals surface area contributed by atoms with E-state index in [1.54, 1.807) is 48.5 Å². The molecule has 51 heavy (non-hydrogen) atoms. The maximum atomic E-state index is 12.1. The summed E-state index contributed by atoms with van der Waals surface area (Å²) in [6.45, 7) is 0.0797. The second kappa shape index (κ2) is 20.8. The molecular weight excluding hydrogens is 697 g/mol. The molecule has 4 aromatic rings. The molecule has 0 saturated carbocycles. The smallest absolute Gasteiger partial charge is 0.331 e. The maximum Gasteiger partial charge on any atom is 0.331 e. The molecule has 0 radical (unpaired) electrons. The van der Waals surface area contributed by atoms with Crippen LogP contribution in [0.4, 0.5) is 0 Å². The standard InChI is InChI=1S/C38H34O11S2/c39-35(40)19-21-37(43)48-31(25-50-33-7-3-1-4-8-33)23-45-27-11-15-29(16-12-27)47-30-17-13-28(14-18-30)46-24-32(49-38(44)22-20-36(41)42)26-51-34-9-5-2-6-10-34/h1-22,31-32H,23-26H2,(H,39,40)(H,41,42)/b21-19+,22-20+. The van der Waals surface area contributed by atoms with Crippen LogP contribution in [0.5, 0.6) is 23.0 Å². The van der Waals surface area contributed by atoms with Crippen molar-refractivity contribution in [1.82, 2.24) is 0 Å². The first-order valence-electron chi connectivity index (χ1n) is 15.4. The number of hydrogen-bond acceptors (Lipinski definition) is 11. The van der Waals surface area contributed by atoms with Crippen molar-refractivity contribution in [3.63, 3.8) is 0 Å². The van der Waals surface area contributed by atoms with Crippen LogP contribution in [-0.2, 0) is 28.7 Å². The summed E-state index contributed by atoms with van der Waals surface area (Å²) in [5.74, 6) is -1.19. The summed E-state index contributed by atoms with van der Waals surface area (Å²) in [6, 6.07) is 32.9. The lowest BCUT2D eigenvalue weighted by Gasteiger charge is -2.18. The molecule has 0 amide bonds. The third-order valence-corrected chi connectivity index (χ3v) is 8.69. The molecule has 0 aliphatic carbocycles. The molecule has 0 aliphatic heterocycles. The predicted molar refractivity (Wildman–Crippen MR) is 192 cm³/mol. The monoisotopic (exact) mass is 730 g/mol. The number of ether oxygens (including phenoxy) is 5. The van der Waals surface area contributed by atoms with E-state index >= 15 is 0 Å². The van der Waals surface area contributed by atoms with Crippen LogP contribution < -0.4 is 14.2 Å². The van der Waals surface area contributed by atoms with Gasteiger partial charge in [0.15, 0.2) is 0 Å². The minimum Gasteiger partial charge on any atom is -0.490 e. The van der Waals surface area contributed by atoms with Gasteiger partial charge in [0.2, 0.25) is 0 Å². The number of hydrogen-bond donors (Lipinski definition) is 2. The van der Waals surface area contributed by atoms with Gasteiger partial charge in [-0.15, -0.1) is 23.5 Å². The SMILES string of the molecule is O=C(O)/C=C/C(=O)OC(COc1ccc(Oc2ccc(OCC(CSc3ccccc3)OC(=O)/C=C/C(=O)O)cc2)cc1)CSc1ccccc1. The third kappa shape index (κ3) is 15.2. The Balaban J connectivity index is 1.28. The molecule has 4 aromatic carbocycles. The minimum absolute atomic E-state index is 0.0399. The van der Waals surface area contributed by atoms with Gasteiger partial charge in [-0.05, 0) is 72.8 Å². The minimum atomic E-state index is -1.25. The molecule has 2 N–H and O–H groups in total. The van der Waals surface area contributed by atoms with E-state index in [4.69, 9.17) is 33.9 Å². The number of carboxylic acid groups (broad SMARTS) is 2. The molecular formula is C38H34O11S2. The van der Waals surface area contributed by atoms with Crippen molar-refractivity contribution in [3.8, 4) is 23.0 Å². The first kappa shape index (κ1) is 38.1. The average molecular weight is 731 g/mol. The fourth-order valence-electron chi connectivity index (χ4n) is 4.05. The van der Waals surface area contributed by atoms with E-state index in [-0.39, 0.29) is 13.2 Å². The van der Waals surface area contributed by atoms with Crippen LogP contribution in [0, 0.1) is 0 Å². The van der Waals surface area contributed by atoms with E-state index in [9.17, 15) is 19.2 Å². The summed E-state index contributed by atoms with van der Waals surface area (Å²) in [6.07, 6.45) is 1.85. The molecule has 0 heterocycles. The summed E-state index contributed by atoms with van der Waals surface area (Å²) < 4.78 is 28.6. The lowest BCUT2D eigenvalue weighted by Crippen LogP contribution is -2.27. The summed E-state index contributed by atoms with van der Waals surface area (Å²) in [7, 11) is 0. The van der Waals surface area contributed by atoms with Crippen molar-refractivity contribution in [2.24, 2.45) is 0 Å². The van der Waals surface area contributed by atoms with Gasteiger partial charge in [0.05, 0.1) is 0 Å². The van der Waals surface area contributed by atoms with E-state index in [0.29, 0.717) is 34.5 Å². The Morgan fingerprint density at radius 2 is 0.863 bits per heavy atom. The van der Waals surface area contributed by atoms with E-state index in [2.05, 4.69) is 0 Å². The molecule has 0 aromatic heterocycles. The zero-order chi connectivity index (χ0) is 36.3.